The Morgan fingerprint density at radius 2 is 0.842 bits per heavy atom. The Labute approximate surface area is 331 Å². The van der Waals surface area contributed by atoms with Gasteiger partial charge in [-0.05, 0) is 49.5 Å². The number of benzene rings is 9. The number of nitrogens with zero attached hydrogens (tertiary/aromatic N) is 4. The third-order valence-electron chi connectivity index (χ3n) is 11.3. The van der Waals surface area contributed by atoms with Crippen molar-refractivity contribution in [3.8, 4) is 56.5 Å². The molecule has 0 fully saturated rings. The van der Waals surface area contributed by atoms with Crippen molar-refractivity contribution in [2.24, 2.45) is 0 Å². The summed E-state index contributed by atoms with van der Waals surface area (Å²) in [6.45, 7) is 0. The van der Waals surface area contributed by atoms with Crippen LogP contribution in [0, 0.1) is 0 Å². The van der Waals surface area contributed by atoms with Crippen LogP contribution in [-0.4, -0.2) is 19.9 Å². The van der Waals surface area contributed by atoms with Gasteiger partial charge in [-0.25, -0.2) is 19.9 Å². The van der Waals surface area contributed by atoms with Crippen LogP contribution >= 0.6 is 11.3 Å². The third kappa shape index (κ3) is 5.13. The molecule has 4 nitrogen and oxygen atoms in total. The fraction of sp³-hybridized carbons (Fsp3) is 0. The Kier molecular flexibility index (Phi) is 7.06. The fourth-order valence-corrected chi connectivity index (χ4v) is 9.70. The van der Waals surface area contributed by atoms with Crippen molar-refractivity contribution in [3.05, 3.63) is 182 Å². The molecule has 0 atom stereocenters. The summed E-state index contributed by atoms with van der Waals surface area (Å²) in [6.07, 6.45) is 0. The van der Waals surface area contributed by atoms with Gasteiger partial charge in [0, 0.05) is 43.1 Å². The molecule has 12 aromatic rings. The van der Waals surface area contributed by atoms with Crippen LogP contribution in [0.4, 0.5) is 0 Å². The zero-order chi connectivity index (χ0) is 37.5. The van der Waals surface area contributed by atoms with Gasteiger partial charge in [0.2, 0.25) is 0 Å². The van der Waals surface area contributed by atoms with Gasteiger partial charge in [-0.3, -0.25) is 0 Å². The Hall–Kier alpha value is -7.34. The van der Waals surface area contributed by atoms with E-state index in [0.29, 0.717) is 17.5 Å². The largest absolute Gasteiger partial charge is 0.246 e. The summed E-state index contributed by atoms with van der Waals surface area (Å²) in [5.41, 5.74) is 8.22. The second-order valence-electron chi connectivity index (χ2n) is 14.6. The van der Waals surface area contributed by atoms with Gasteiger partial charge in [-0.15, -0.1) is 11.3 Å². The van der Waals surface area contributed by atoms with Crippen LogP contribution in [0.5, 0.6) is 0 Å². The second kappa shape index (κ2) is 12.6. The van der Waals surface area contributed by atoms with Gasteiger partial charge >= 0.3 is 0 Å². The highest BCUT2D eigenvalue weighted by atomic mass is 32.1. The van der Waals surface area contributed by atoms with Crippen LogP contribution in [-0.2, 0) is 0 Å². The van der Waals surface area contributed by atoms with Crippen LogP contribution in [0.15, 0.2) is 182 Å². The molecule has 57 heavy (non-hydrogen) atoms. The summed E-state index contributed by atoms with van der Waals surface area (Å²) in [6, 6.07) is 64.4. The molecule has 0 spiro atoms. The highest BCUT2D eigenvalue weighted by molar-refractivity contribution is 7.26. The molecule has 0 aliphatic carbocycles. The molecule has 0 saturated carbocycles. The Balaban J connectivity index is 0.950. The number of pyridine rings is 1. The smallest absolute Gasteiger partial charge is 0.164 e. The van der Waals surface area contributed by atoms with Crippen LogP contribution in [0.25, 0.3) is 120 Å². The van der Waals surface area contributed by atoms with Crippen molar-refractivity contribution in [1.29, 1.82) is 0 Å². The van der Waals surface area contributed by atoms with Gasteiger partial charge in [0.15, 0.2) is 17.5 Å². The first-order chi connectivity index (χ1) is 28.2. The topological polar surface area (TPSA) is 51.6 Å². The van der Waals surface area contributed by atoms with E-state index in [0.717, 1.165) is 44.4 Å². The molecule has 0 aliphatic rings. The molecule has 9 aromatic carbocycles. The van der Waals surface area contributed by atoms with E-state index in [4.69, 9.17) is 19.9 Å². The number of aromatic nitrogens is 4. The van der Waals surface area contributed by atoms with Gasteiger partial charge in [-0.2, -0.15) is 0 Å². The highest BCUT2D eigenvalue weighted by Gasteiger charge is 2.17. The number of thiophene rings is 1. The lowest BCUT2D eigenvalue weighted by molar-refractivity contribution is 1.07. The van der Waals surface area contributed by atoms with E-state index in [2.05, 4.69) is 152 Å². The molecular formula is C52H30N4S. The van der Waals surface area contributed by atoms with E-state index in [1.807, 2.05) is 41.7 Å². The normalized spacial score (nSPS) is 11.9. The summed E-state index contributed by atoms with van der Waals surface area (Å²) in [5, 5.41) is 11.3. The molecule has 3 heterocycles. The van der Waals surface area contributed by atoms with Crippen molar-refractivity contribution in [2.75, 3.05) is 0 Å². The second-order valence-corrected chi connectivity index (χ2v) is 15.6. The molecule has 264 valence electrons. The maximum atomic E-state index is 5.31. The van der Waals surface area contributed by atoms with Crippen LogP contribution < -0.4 is 0 Å². The Morgan fingerprint density at radius 1 is 0.316 bits per heavy atom. The first-order valence-electron chi connectivity index (χ1n) is 19.1. The Bertz CT molecular complexity index is 3480. The number of hydrogen-bond acceptors (Lipinski definition) is 5. The van der Waals surface area contributed by atoms with E-state index in [1.54, 1.807) is 0 Å². The molecule has 5 heteroatoms. The monoisotopic (exact) mass is 742 g/mol. The van der Waals surface area contributed by atoms with Crippen LogP contribution in [0.2, 0.25) is 0 Å². The molecule has 0 radical (unpaired) electrons. The fourth-order valence-electron chi connectivity index (χ4n) is 8.52. The standard InChI is InChI=1S/C52H30N4S/c1-2-9-36(10-3-1)50-54-51(37-23-17-31(18-24-37)39-29-27-34-20-19-32-11-8-12-33-28-30-40(39)46(34)45(32)33)56-52(55-50)38-25-21-35(22-26-38)47-41-13-4-5-14-42(41)49-48(53-47)43-15-6-7-16-44(43)57-49/h1-30H. The third-order valence-corrected chi connectivity index (χ3v) is 12.5. The quantitative estimate of drug-likeness (QED) is 0.165. The van der Waals surface area contributed by atoms with Crippen molar-refractivity contribution < 1.29 is 0 Å². The molecule has 0 bridgehead atoms. The van der Waals surface area contributed by atoms with Gasteiger partial charge in [0.05, 0.1) is 15.9 Å². The minimum atomic E-state index is 0.623. The number of hydrogen-bond donors (Lipinski definition) is 0. The van der Waals surface area contributed by atoms with E-state index in [9.17, 15) is 0 Å². The summed E-state index contributed by atoms with van der Waals surface area (Å²) in [7, 11) is 0. The van der Waals surface area contributed by atoms with Gasteiger partial charge in [0.1, 0.15) is 0 Å². The molecule has 0 aliphatic heterocycles. The first kappa shape index (κ1) is 32.0. The van der Waals surface area contributed by atoms with Crippen molar-refractivity contribution in [3.63, 3.8) is 0 Å². The zero-order valence-corrected chi connectivity index (χ0v) is 31.3. The number of fused-ring (bicyclic) bond motifs is 5. The van der Waals surface area contributed by atoms with E-state index < -0.39 is 0 Å². The van der Waals surface area contributed by atoms with Gasteiger partial charge < -0.3 is 0 Å². The lowest BCUT2D eigenvalue weighted by atomic mass is 9.90. The first-order valence-corrected chi connectivity index (χ1v) is 19.9. The summed E-state index contributed by atoms with van der Waals surface area (Å²) in [4.78, 5) is 20.4. The minimum absolute atomic E-state index is 0.623. The lowest BCUT2D eigenvalue weighted by Crippen LogP contribution is -2.00. The molecule has 0 amide bonds. The van der Waals surface area contributed by atoms with E-state index >= 15 is 0 Å². The average Bonchev–Trinajstić information content (AvgIpc) is 3.67. The molecule has 0 saturated heterocycles. The molecule has 0 N–H and O–H groups in total. The Morgan fingerprint density at radius 3 is 1.54 bits per heavy atom. The van der Waals surface area contributed by atoms with Crippen molar-refractivity contribution in [1.82, 2.24) is 19.9 Å². The minimum Gasteiger partial charge on any atom is -0.246 e. The van der Waals surface area contributed by atoms with Crippen LogP contribution in [0.1, 0.15) is 0 Å². The van der Waals surface area contributed by atoms with Gasteiger partial charge in [-0.1, -0.05) is 176 Å². The number of rotatable bonds is 5. The predicted octanol–water partition coefficient (Wildman–Crippen LogP) is 14.0. The zero-order valence-electron chi connectivity index (χ0n) is 30.5. The molecule has 0 unspecified atom stereocenters. The molecule has 3 aromatic heterocycles. The molecule has 12 rings (SSSR count). The SMILES string of the molecule is c1ccc(-c2nc(-c3ccc(-c4nc5c6ccccc6sc5c5ccccc45)cc3)nc(-c3ccc(-c4ccc5ccc6cccc7ccc4c5c67)cc3)n2)cc1. The predicted molar refractivity (Wildman–Crippen MR) is 239 cm³/mol. The summed E-state index contributed by atoms with van der Waals surface area (Å²) < 4.78 is 2.47. The highest BCUT2D eigenvalue weighted by Crippen LogP contribution is 2.42. The van der Waals surface area contributed by atoms with Crippen LogP contribution in [0.3, 0.4) is 0 Å². The average molecular weight is 743 g/mol. The van der Waals surface area contributed by atoms with E-state index in [1.165, 1.54) is 58.1 Å². The van der Waals surface area contributed by atoms with Crippen molar-refractivity contribution >= 4 is 74.7 Å². The van der Waals surface area contributed by atoms with Gasteiger partial charge in [0.25, 0.3) is 0 Å². The maximum absolute atomic E-state index is 5.31. The lowest BCUT2D eigenvalue weighted by Gasteiger charge is -2.14. The molecular weight excluding hydrogens is 713 g/mol. The summed E-state index contributed by atoms with van der Waals surface area (Å²) in [5.74, 6) is 1.89. The maximum Gasteiger partial charge on any atom is 0.164 e. The summed E-state index contributed by atoms with van der Waals surface area (Å²) >= 11 is 1.81. The van der Waals surface area contributed by atoms with E-state index in [-0.39, 0.29) is 0 Å². The van der Waals surface area contributed by atoms with Crippen molar-refractivity contribution in [2.45, 2.75) is 0 Å².